The summed E-state index contributed by atoms with van der Waals surface area (Å²) in [5, 5.41) is 3.97. The number of nitrogens with zero attached hydrogens (tertiary/aromatic N) is 3. The number of hydrogen-bond acceptors (Lipinski definition) is 3. The van der Waals surface area contributed by atoms with E-state index in [1.807, 2.05) is 98.8 Å². The summed E-state index contributed by atoms with van der Waals surface area (Å²) in [4.78, 5) is 22.9. The summed E-state index contributed by atoms with van der Waals surface area (Å²) in [6.07, 6.45) is 3.89. The molecule has 0 bridgehead atoms. The molecule has 2 heterocycles. The molecule has 6 heteroatoms. The lowest BCUT2D eigenvalue weighted by atomic mass is 10.00. The standard InChI is InChI=1S/C29H23ClN4O/c1-4-8-21-17-22(13-16-24(21)31-3)25-18(2)32-28-26(19-9-6-5-7-10-19)27(33-34(28)29(25)35)20-11-14-23(30)15-12-20/h4-17,33H,3H2,1-2H3/b8-4-. The van der Waals surface area contributed by atoms with Crippen LogP contribution in [0.2, 0.25) is 5.02 Å². The SMILES string of the molecule is C=Nc1ccc(-c2c(C)nc3c(-c4ccccc4)c(-c4ccc(Cl)cc4)[nH]n3c2=O)cc1/C=C\C. The summed E-state index contributed by atoms with van der Waals surface area (Å²) >= 11 is 6.13. The quantitative estimate of drug-likeness (QED) is 0.268. The second kappa shape index (κ2) is 9.20. The molecule has 0 radical (unpaired) electrons. The first-order valence-corrected chi connectivity index (χ1v) is 11.6. The highest BCUT2D eigenvalue weighted by molar-refractivity contribution is 6.30. The molecule has 0 aliphatic carbocycles. The summed E-state index contributed by atoms with van der Waals surface area (Å²) in [5.41, 5.74) is 7.56. The van der Waals surface area contributed by atoms with Crippen LogP contribution < -0.4 is 5.56 Å². The summed E-state index contributed by atoms with van der Waals surface area (Å²) in [6.45, 7) is 7.46. The average molecular weight is 479 g/mol. The minimum absolute atomic E-state index is 0.171. The third kappa shape index (κ3) is 4.00. The van der Waals surface area contributed by atoms with Crippen LogP contribution >= 0.6 is 11.6 Å². The van der Waals surface area contributed by atoms with E-state index in [-0.39, 0.29) is 5.56 Å². The molecule has 0 aliphatic heterocycles. The predicted octanol–water partition coefficient (Wildman–Crippen LogP) is 7.35. The van der Waals surface area contributed by atoms with Crippen LogP contribution in [0.4, 0.5) is 5.69 Å². The summed E-state index contributed by atoms with van der Waals surface area (Å²) in [7, 11) is 0. The van der Waals surface area contributed by atoms with Crippen LogP contribution in [0.3, 0.4) is 0 Å². The van der Waals surface area contributed by atoms with Gasteiger partial charge in [0.15, 0.2) is 5.65 Å². The molecule has 5 aromatic rings. The molecule has 3 aromatic carbocycles. The normalized spacial score (nSPS) is 11.4. The van der Waals surface area contributed by atoms with Gasteiger partial charge in [-0.25, -0.2) is 4.98 Å². The van der Waals surface area contributed by atoms with Crippen LogP contribution in [0.5, 0.6) is 0 Å². The van der Waals surface area contributed by atoms with Gasteiger partial charge in [0.05, 0.1) is 28.2 Å². The zero-order valence-corrected chi connectivity index (χ0v) is 20.2. The van der Waals surface area contributed by atoms with Crippen molar-refractivity contribution in [3.63, 3.8) is 0 Å². The Morgan fingerprint density at radius 1 is 0.971 bits per heavy atom. The van der Waals surface area contributed by atoms with Gasteiger partial charge in [-0.15, -0.1) is 0 Å². The predicted molar refractivity (Wildman–Crippen MR) is 146 cm³/mol. The van der Waals surface area contributed by atoms with Gasteiger partial charge in [-0.05, 0) is 56.0 Å². The van der Waals surface area contributed by atoms with Gasteiger partial charge in [-0.3, -0.25) is 14.9 Å². The van der Waals surface area contributed by atoms with Crippen molar-refractivity contribution in [1.82, 2.24) is 14.6 Å². The van der Waals surface area contributed by atoms with Crippen molar-refractivity contribution < 1.29 is 0 Å². The third-order valence-electron chi connectivity index (χ3n) is 5.99. The van der Waals surface area contributed by atoms with Crippen LogP contribution in [-0.4, -0.2) is 21.3 Å². The Morgan fingerprint density at radius 2 is 1.69 bits per heavy atom. The van der Waals surface area contributed by atoms with Gasteiger partial charge in [0.25, 0.3) is 5.56 Å². The highest BCUT2D eigenvalue weighted by Gasteiger charge is 2.21. The Hall–Kier alpha value is -4.22. The molecule has 35 heavy (non-hydrogen) atoms. The molecule has 172 valence electrons. The molecule has 5 rings (SSSR count). The Morgan fingerprint density at radius 3 is 2.37 bits per heavy atom. The van der Waals surface area contributed by atoms with E-state index in [2.05, 4.69) is 16.8 Å². The maximum atomic E-state index is 13.9. The van der Waals surface area contributed by atoms with Crippen molar-refractivity contribution in [1.29, 1.82) is 0 Å². The zero-order chi connectivity index (χ0) is 24.5. The van der Waals surface area contributed by atoms with Gasteiger partial charge >= 0.3 is 0 Å². The maximum absolute atomic E-state index is 13.9. The molecule has 0 amide bonds. The van der Waals surface area contributed by atoms with E-state index >= 15 is 0 Å². The van der Waals surface area contributed by atoms with Crippen molar-refractivity contribution in [2.24, 2.45) is 4.99 Å². The molecule has 0 atom stereocenters. The second-order valence-electron chi connectivity index (χ2n) is 8.20. The summed E-state index contributed by atoms with van der Waals surface area (Å²) < 4.78 is 1.53. The van der Waals surface area contributed by atoms with Gasteiger partial charge in [-0.1, -0.05) is 72.3 Å². The lowest BCUT2D eigenvalue weighted by Gasteiger charge is -2.09. The van der Waals surface area contributed by atoms with Gasteiger partial charge in [-0.2, -0.15) is 4.52 Å². The highest BCUT2D eigenvalue weighted by Crippen LogP contribution is 2.35. The van der Waals surface area contributed by atoms with Gasteiger partial charge < -0.3 is 0 Å². The molecule has 0 saturated carbocycles. The molecule has 2 aromatic heterocycles. The van der Waals surface area contributed by atoms with E-state index in [0.29, 0.717) is 21.9 Å². The fourth-order valence-electron chi connectivity index (χ4n) is 4.38. The minimum atomic E-state index is -0.171. The van der Waals surface area contributed by atoms with Crippen LogP contribution in [0, 0.1) is 6.92 Å². The number of rotatable bonds is 5. The molecule has 1 N–H and O–H groups in total. The first-order chi connectivity index (χ1) is 17.0. The molecular formula is C29H23ClN4O. The number of aromatic nitrogens is 3. The van der Waals surface area contributed by atoms with E-state index < -0.39 is 0 Å². The van der Waals surface area contributed by atoms with Gasteiger partial charge in [0.1, 0.15) is 0 Å². The second-order valence-corrected chi connectivity index (χ2v) is 8.64. The first-order valence-electron chi connectivity index (χ1n) is 11.2. The number of aliphatic imine (C=N–C) groups is 1. The van der Waals surface area contributed by atoms with Gasteiger partial charge in [0.2, 0.25) is 0 Å². The topological polar surface area (TPSA) is 62.5 Å². The number of benzene rings is 3. The molecular weight excluding hydrogens is 456 g/mol. The van der Waals surface area contributed by atoms with Crippen molar-refractivity contribution in [3.05, 3.63) is 106 Å². The molecule has 0 saturated heterocycles. The van der Waals surface area contributed by atoms with Gasteiger partial charge in [0, 0.05) is 16.1 Å². The van der Waals surface area contributed by atoms with Crippen LogP contribution in [0.1, 0.15) is 18.2 Å². The molecule has 0 aliphatic rings. The maximum Gasteiger partial charge on any atom is 0.280 e. The fraction of sp³-hybridized carbons (Fsp3) is 0.0690. The Kier molecular flexibility index (Phi) is 5.93. The van der Waals surface area contributed by atoms with Crippen molar-refractivity contribution in [2.75, 3.05) is 0 Å². The Labute approximate surface area is 208 Å². The largest absolute Gasteiger partial charge is 0.288 e. The van der Waals surface area contributed by atoms with E-state index in [0.717, 1.165) is 39.2 Å². The molecule has 0 spiro atoms. The Bertz CT molecular complexity index is 1640. The summed E-state index contributed by atoms with van der Waals surface area (Å²) in [5.74, 6) is 0. The molecule has 0 unspecified atom stereocenters. The number of fused-ring (bicyclic) bond motifs is 1. The third-order valence-corrected chi connectivity index (χ3v) is 6.24. The minimum Gasteiger partial charge on any atom is -0.288 e. The highest BCUT2D eigenvalue weighted by atomic mass is 35.5. The van der Waals surface area contributed by atoms with Crippen molar-refractivity contribution in [2.45, 2.75) is 13.8 Å². The average Bonchev–Trinajstić information content (AvgIpc) is 3.25. The smallest absolute Gasteiger partial charge is 0.280 e. The van der Waals surface area contributed by atoms with Crippen LogP contribution in [-0.2, 0) is 0 Å². The number of hydrogen-bond donors (Lipinski definition) is 1. The monoisotopic (exact) mass is 478 g/mol. The fourth-order valence-corrected chi connectivity index (χ4v) is 4.51. The lowest BCUT2D eigenvalue weighted by Crippen LogP contribution is -2.19. The van der Waals surface area contributed by atoms with Crippen LogP contribution in [0.25, 0.3) is 45.2 Å². The van der Waals surface area contributed by atoms with E-state index in [9.17, 15) is 4.79 Å². The molecule has 5 nitrogen and oxygen atoms in total. The molecule has 0 fully saturated rings. The number of aromatic amines is 1. The van der Waals surface area contributed by atoms with Crippen molar-refractivity contribution in [3.8, 4) is 33.5 Å². The van der Waals surface area contributed by atoms with Crippen molar-refractivity contribution >= 4 is 35.7 Å². The number of nitrogens with one attached hydrogen (secondary N) is 1. The lowest BCUT2D eigenvalue weighted by molar-refractivity contribution is 0.897. The first kappa shape index (κ1) is 22.6. The van der Waals surface area contributed by atoms with E-state index in [4.69, 9.17) is 16.6 Å². The Balaban J connectivity index is 1.81. The zero-order valence-electron chi connectivity index (χ0n) is 19.4. The number of halogens is 1. The van der Waals surface area contributed by atoms with E-state index in [1.165, 1.54) is 4.52 Å². The van der Waals surface area contributed by atoms with E-state index in [1.54, 1.807) is 0 Å². The number of allylic oxidation sites excluding steroid dienone is 1. The number of aryl methyl sites for hydroxylation is 1. The van der Waals surface area contributed by atoms with Crippen LogP contribution in [0.15, 0.2) is 88.7 Å². The summed E-state index contributed by atoms with van der Waals surface area (Å²) in [6, 6.07) is 23.2. The number of H-pyrrole nitrogens is 1.